The van der Waals surface area contributed by atoms with Crippen molar-refractivity contribution in [3.8, 4) is 0 Å². The van der Waals surface area contributed by atoms with Crippen LogP contribution in [0.5, 0.6) is 0 Å². The standard InChI is InChI=1S/C20H23N5OS/c1-14(2)16-7-5-15(6-8-16)4-3-11-21-18-10-9-17(12-22-18)19(26)24-20-25-23-13-27-20/h5-10,12-14H,3-4,11H2,1-2H3,(H,21,22)(H,24,25,26). The molecular formula is C20H23N5OS. The van der Waals surface area contributed by atoms with Crippen molar-refractivity contribution in [3.05, 3.63) is 64.8 Å². The third kappa shape index (κ3) is 5.59. The third-order valence-corrected chi connectivity index (χ3v) is 4.81. The molecule has 0 saturated carbocycles. The van der Waals surface area contributed by atoms with Gasteiger partial charge in [0, 0.05) is 12.7 Å². The van der Waals surface area contributed by atoms with Gasteiger partial charge in [0.25, 0.3) is 5.91 Å². The first-order valence-electron chi connectivity index (χ1n) is 8.98. The Morgan fingerprint density at radius 1 is 1.15 bits per heavy atom. The fraction of sp³-hybridized carbons (Fsp3) is 0.300. The summed E-state index contributed by atoms with van der Waals surface area (Å²) in [5.41, 5.74) is 4.77. The quantitative estimate of drug-likeness (QED) is 0.567. The van der Waals surface area contributed by atoms with Gasteiger partial charge in [0.05, 0.1) is 5.56 Å². The number of pyridine rings is 1. The van der Waals surface area contributed by atoms with Gasteiger partial charge in [0.2, 0.25) is 5.13 Å². The molecule has 0 aliphatic rings. The average Bonchev–Trinajstić information content (AvgIpc) is 3.19. The monoisotopic (exact) mass is 381 g/mol. The van der Waals surface area contributed by atoms with E-state index in [9.17, 15) is 4.79 Å². The first-order chi connectivity index (χ1) is 13.1. The van der Waals surface area contributed by atoms with E-state index in [0.717, 1.165) is 25.2 Å². The van der Waals surface area contributed by atoms with E-state index in [2.05, 4.69) is 63.9 Å². The van der Waals surface area contributed by atoms with Gasteiger partial charge in [-0.1, -0.05) is 49.4 Å². The average molecular weight is 382 g/mol. The second-order valence-electron chi connectivity index (χ2n) is 6.56. The number of carbonyl (C=O) groups is 1. The molecule has 0 saturated heterocycles. The van der Waals surface area contributed by atoms with Gasteiger partial charge in [-0.2, -0.15) is 0 Å². The molecule has 3 rings (SSSR count). The molecule has 0 aliphatic heterocycles. The molecule has 0 unspecified atom stereocenters. The molecule has 0 fully saturated rings. The Labute approximate surface area is 163 Å². The number of rotatable bonds is 8. The van der Waals surface area contributed by atoms with Gasteiger partial charge < -0.3 is 5.32 Å². The lowest BCUT2D eigenvalue weighted by Crippen LogP contribution is -2.12. The van der Waals surface area contributed by atoms with Gasteiger partial charge in [0.15, 0.2) is 0 Å². The number of aromatic nitrogens is 3. The molecule has 0 aliphatic carbocycles. The van der Waals surface area contributed by atoms with Crippen LogP contribution in [0.1, 0.15) is 47.7 Å². The zero-order valence-corrected chi connectivity index (χ0v) is 16.3. The molecule has 6 nitrogen and oxygen atoms in total. The Balaban J connectivity index is 1.42. The smallest absolute Gasteiger partial charge is 0.259 e. The summed E-state index contributed by atoms with van der Waals surface area (Å²) < 4.78 is 0. The van der Waals surface area contributed by atoms with Crippen LogP contribution in [0.4, 0.5) is 10.9 Å². The first-order valence-corrected chi connectivity index (χ1v) is 9.86. The molecule has 27 heavy (non-hydrogen) atoms. The van der Waals surface area contributed by atoms with Crippen LogP contribution in [0.3, 0.4) is 0 Å². The van der Waals surface area contributed by atoms with Crippen LogP contribution in [0.25, 0.3) is 0 Å². The van der Waals surface area contributed by atoms with Crippen LogP contribution < -0.4 is 10.6 Å². The Hall–Kier alpha value is -2.80. The lowest BCUT2D eigenvalue weighted by atomic mass is 10.0. The van der Waals surface area contributed by atoms with Crippen molar-refractivity contribution in [1.82, 2.24) is 15.2 Å². The zero-order valence-electron chi connectivity index (χ0n) is 15.5. The minimum absolute atomic E-state index is 0.240. The second-order valence-corrected chi connectivity index (χ2v) is 7.39. The Morgan fingerprint density at radius 2 is 1.96 bits per heavy atom. The number of benzene rings is 1. The van der Waals surface area contributed by atoms with Crippen molar-refractivity contribution in [2.75, 3.05) is 17.2 Å². The van der Waals surface area contributed by atoms with Crippen LogP contribution in [0.2, 0.25) is 0 Å². The fourth-order valence-electron chi connectivity index (χ4n) is 2.61. The summed E-state index contributed by atoms with van der Waals surface area (Å²) in [4.78, 5) is 16.4. The molecule has 7 heteroatoms. The Morgan fingerprint density at radius 3 is 2.59 bits per heavy atom. The van der Waals surface area contributed by atoms with E-state index >= 15 is 0 Å². The number of hydrogen-bond donors (Lipinski definition) is 2. The number of anilines is 2. The van der Waals surface area contributed by atoms with Crippen LogP contribution >= 0.6 is 11.3 Å². The van der Waals surface area contributed by atoms with Crippen molar-refractivity contribution in [1.29, 1.82) is 0 Å². The third-order valence-electron chi connectivity index (χ3n) is 4.20. The summed E-state index contributed by atoms with van der Waals surface area (Å²) in [5.74, 6) is 1.09. The predicted molar refractivity (Wildman–Crippen MR) is 109 cm³/mol. The highest BCUT2D eigenvalue weighted by atomic mass is 32.1. The topological polar surface area (TPSA) is 79.8 Å². The van der Waals surface area contributed by atoms with Crippen molar-refractivity contribution in [2.24, 2.45) is 0 Å². The lowest BCUT2D eigenvalue weighted by molar-refractivity contribution is 0.102. The normalized spacial score (nSPS) is 10.8. The van der Waals surface area contributed by atoms with E-state index in [1.165, 1.54) is 22.5 Å². The molecule has 140 valence electrons. The van der Waals surface area contributed by atoms with Crippen molar-refractivity contribution >= 4 is 28.2 Å². The number of nitrogens with zero attached hydrogens (tertiary/aromatic N) is 3. The van der Waals surface area contributed by atoms with E-state index < -0.39 is 0 Å². The van der Waals surface area contributed by atoms with Gasteiger partial charge in [-0.25, -0.2) is 4.98 Å². The van der Waals surface area contributed by atoms with E-state index in [1.807, 2.05) is 6.07 Å². The van der Waals surface area contributed by atoms with Crippen LogP contribution in [0, 0.1) is 0 Å². The van der Waals surface area contributed by atoms with Gasteiger partial charge in [-0.05, 0) is 42.0 Å². The Kier molecular flexibility index (Phi) is 6.49. The molecule has 0 atom stereocenters. The number of nitrogens with one attached hydrogen (secondary N) is 2. The van der Waals surface area contributed by atoms with E-state index in [0.29, 0.717) is 16.6 Å². The Bertz CT molecular complexity index is 845. The van der Waals surface area contributed by atoms with Crippen LogP contribution in [-0.4, -0.2) is 27.6 Å². The van der Waals surface area contributed by atoms with Crippen molar-refractivity contribution < 1.29 is 4.79 Å². The predicted octanol–water partition coefficient (Wildman–Crippen LogP) is 4.35. The lowest BCUT2D eigenvalue weighted by Gasteiger charge is -2.08. The molecule has 3 aromatic rings. The molecule has 1 aromatic carbocycles. The van der Waals surface area contributed by atoms with E-state index in [1.54, 1.807) is 17.8 Å². The van der Waals surface area contributed by atoms with E-state index in [-0.39, 0.29) is 5.91 Å². The summed E-state index contributed by atoms with van der Waals surface area (Å²) in [6, 6.07) is 12.4. The van der Waals surface area contributed by atoms with Crippen molar-refractivity contribution in [3.63, 3.8) is 0 Å². The largest absolute Gasteiger partial charge is 0.370 e. The highest BCUT2D eigenvalue weighted by molar-refractivity contribution is 7.13. The summed E-state index contributed by atoms with van der Waals surface area (Å²) in [6.45, 7) is 5.24. The van der Waals surface area contributed by atoms with Crippen LogP contribution in [0.15, 0.2) is 48.1 Å². The number of carbonyl (C=O) groups excluding carboxylic acids is 1. The highest BCUT2D eigenvalue weighted by Gasteiger charge is 2.08. The summed E-state index contributed by atoms with van der Waals surface area (Å²) in [5, 5.41) is 13.9. The maximum absolute atomic E-state index is 12.1. The first kappa shape index (κ1) is 19.0. The summed E-state index contributed by atoms with van der Waals surface area (Å²) in [6.07, 6.45) is 3.60. The molecule has 0 radical (unpaired) electrons. The van der Waals surface area contributed by atoms with Gasteiger partial charge in [-0.3, -0.25) is 10.1 Å². The molecule has 0 bridgehead atoms. The summed E-state index contributed by atoms with van der Waals surface area (Å²) >= 11 is 1.28. The molecule has 2 heterocycles. The molecule has 2 N–H and O–H groups in total. The van der Waals surface area contributed by atoms with Gasteiger partial charge >= 0.3 is 0 Å². The summed E-state index contributed by atoms with van der Waals surface area (Å²) in [7, 11) is 0. The maximum Gasteiger partial charge on any atom is 0.259 e. The van der Waals surface area contributed by atoms with Crippen LogP contribution in [-0.2, 0) is 6.42 Å². The van der Waals surface area contributed by atoms with Gasteiger partial charge in [0.1, 0.15) is 11.3 Å². The zero-order chi connectivity index (χ0) is 19.1. The number of amides is 1. The minimum Gasteiger partial charge on any atom is -0.370 e. The minimum atomic E-state index is -0.240. The number of hydrogen-bond acceptors (Lipinski definition) is 6. The van der Waals surface area contributed by atoms with Gasteiger partial charge in [-0.15, -0.1) is 10.2 Å². The fourth-order valence-corrected chi connectivity index (χ4v) is 3.05. The highest BCUT2D eigenvalue weighted by Crippen LogP contribution is 2.16. The molecule has 0 spiro atoms. The second kappa shape index (κ2) is 9.23. The van der Waals surface area contributed by atoms with E-state index in [4.69, 9.17) is 0 Å². The van der Waals surface area contributed by atoms with Crippen molar-refractivity contribution in [2.45, 2.75) is 32.6 Å². The SMILES string of the molecule is CC(C)c1ccc(CCCNc2ccc(C(=O)Nc3nncs3)cn2)cc1. The number of aryl methyl sites for hydroxylation is 1. The molecule has 2 aromatic heterocycles. The maximum atomic E-state index is 12.1. The molecular weight excluding hydrogens is 358 g/mol. The molecule has 1 amide bonds.